The van der Waals surface area contributed by atoms with E-state index in [9.17, 15) is 0 Å². The molecule has 5 heterocycles. The third-order valence-electron chi connectivity index (χ3n) is 6.09. The molecule has 0 amide bonds. The number of nitrogens with one attached hydrogen (secondary N) is 1. The molecule has 9 nitrogen and oxygen atoms in total. The van der Waals surface area contributed by atoms with Gasteiger partial charge in [0.05, 0.1) is 31.1 Å². The molecule has 0 aliphatic carbocycles. The molecular weight excluding hydrogens is 382 g/mol. The zero-order chi connectivity index (χ0) is 20.3. The molecule has 0 spiro atoms. The molecule has 2 aliphatic heterocycles. The summed E-state index contributed by atoms with van der Waals surface area (Å²) in [4.78, 5) is 2.37. The van der Waals surface area contributed by atoms with Gasteiger partial charge in [-0.2, -0.15) is 5.10 Å². The van der Waals surface area contributed by atoms with Crippen LogP contribution in [0.5, 0.6) is 5.75 Å². The molecule has 0 atom stereocenters. The van der Waals surface area contributed by atoms with E-state index in [1.165, 1.54) is 0 Å². The van der Waals surface area contributed by atoms with Crippen LogP contribution in [0.1, 0.15) is 24.6 Å². The highest BCUT2D eigenvalue weighted by atomic mass is 16.5. The number of aromatic nitrogens is 5. The van der Waals surface area contributed by atoms with E-state index in [1.807, 2.05) is 16.8 Å². The molecule has 1 N–H and O–H groups in total. The van der Waals surface area contributed by atoms with Crippen molar-refractivity contribution in [2.24, 2.45) is 0 Å². The van der Waals surface area contributed by atoms with E-state index >= 15 is 0 Å². The standard InChI is InChI=1S/C21H29N7O2/c1-16-21(24-25-28(16)18-2-5-22-6-3-18)17-14-20(19-4-7-23-27(19)15-17)30-13-10-26-8-11-29-12-9-26/h4,7,14-15,18,22H,2-3,5-6,8-13H2,1H3. The van der Waals surface area contributed by atoms with Crippen LogP contribution in [0.4, 0.5) is 0 Å². The van der Waals surface area contributed by atoms with Gasteiger partial charge in [0.2, 0.25) is 0 Å². The third kappa shape index (κ3) is 3.92. The van der Waals surface area contributed by atoms with Crippen molar-refractivity contribution < 1.29 is 9.47 Å². The molecule has 0 saturated carbocycles. The van der Waals surface area contributed by atoms with Gasteiger partial charge in [0, 0.05) is 31.4 Å². The number of hydrogen-bond acceptors (Lipinski definition) is 7. The predicted octanol–water partition coefficient (Wildman–Crippen LogP) is 1.54. The fourth-order valence-corrected chi connectivity index (χ4v) is 4.36. The highest BCUT2D eigenvalue weighted by molar-refractivity contribution is 5.69. The highest BCUT2D eigenvalue weighted by Crippen LogP contribution is 2.30. The first-order chi connectivity index (χ1) is 14.8. The molecule has 0 unspecified atom stereocenters. The fourth-order valence-electron chi connectivity index (χ4n) is 4.36. The molecule has 0 radical (unpaired) electrons. The Balaban J connectivity index is 1.38. The van der Waals surface area contributed by atoms with Crippen LogP contribution in [0.25, 0.3) is 16.8 Å². The van der Waals surface area contributed by atoms with Crippen LogP contribution in [-0.2, 0) is 4.74 Å². The maximum absolute atomic E-state index is 6.20. The number of nitrogens with zero attached hydrogens (tertiary/aromatic N) is 6. The SMILES string of the molecule is Cc1c(-c2cc(OCCN3CCOCC3)c3ccnn3c2)nnn1C1CCNCC1. The maximum atomic E-state index is 6.20. The minimum atomic E-state index is 0.408. The van der Waals surface area contributed by atoms with Crippen molar-refractivity contribution in [1.82, 2.24) is 34.8 Å². The van der Waals surface area contributed by atoms with Crippen molar-refractivity contribution in [3.63, 3.8) is 0 Å². The Kier molecular flexibility index (Phi) is 5.65. The summed E-state index contributed by atoms with van der Waals surface area (Å²) in [6.07, 6.45) is 5.97. The summed E-state index contributed by atoms with van der Waals surface area (Å²) in [6, 6.07) is 4.46. The molecule has 2 saturated heterocycles. The summed E-state index contributed by atoms with van der Waals surface area (Å²) in [7, 11) is 0. The molecule has 2 aliphatic rings. The van der Waals surface area contributed by atoms with E-state index in [1.54, 1.807) is 6.20 Å². The molecule has 3 aromatic rings. The Bertz CT molecular complexity index is 987. The van der Waals surface area contributed by atoms with E-state index in [0.29, 0.717) is 12.6 Å². The Labute approximate surface area is 175 Å². The Morgan fingerprint density at radius 1 is 1.23 bits per heavy atom. The van der Waals surface area contributed by atoms with Gasteiger partial charge in [-0.15, -0.1) is 5.10 Å². The lowest BCUT2D eigenvalue weighted by molar-refractivity contribution is 0.0323. The number of morpholine rings is 1. The molecule has 0 aromatic carbocycles. The van der Waals surface area contributed by atoms with Crippen molar-refractivity contribution in [2.45, 2.75) is 25.8 Å². The predicted molar refractivity (Wildman–Crippen MR) is 113 cm³/mol. The summed E-state index contributed by atoms with van der Waals surface area (Å²) in [6.45, 7) is 9.20. The monoisotopic (exact) mass is 411 g/mol. The van der Waals surface area contributed by atoms with Crippen LogP contribution in [0.15, 0.2) is 24.5 Å². The second-order valence-corrected chi connectivity index (χ2v) is 8.01. The van der Waals surface area contributed by atoms with Crippen LogP contribution in [0.3, 0.4) is 0 Å². The Hall–Kier alpha value is -2.49. The lowest BCUT2D eigenvalue weighted by atomic mass is 10.1. The third-order valence-corrected chi connectivity index (χ3v) is 6.09. The lowest BCUT2D eigenvalue weighted by Crippen LogP contribution is -2.38. The molecule has 30 heavy (non-hydrogen) atoms. The van der Waals surface area contributed by atoms with E-state index in [2.05, 4.69) is 43.3 Å². The minimum Gasteiger partial charge on any atom is -0.490 e. The van der Waals surface area contributed by atoms with E-state index in [0.717, 1.165) is 87.0 Å². The second kappa shape index (κ2) is 8.71. The average Bonchev–Trinajstić information content (AvgIpc) is 3.41. The van der Waals surface area contributed by atoms with Crippen molar-refractivity contribution in [3.05, 3.63) is 30.2 Å². The van der Waals surface area contributed by atoms with Gasteiger partial charge < -0.3 is 14.8 Å². The van der Waals surface area contributed by atoms with Crippen LogP contribution in [0, 0.1) is 6.92 Å². The van der Waals surface area contributed by atoms with Gasteiger partial charge in [-0.25, -0.2) is 9.20 Å². The number of fused-ring (bicyclic) bond motifs is 1. The largest absolute Gasteiger partial charge is 0.490 e. The zero-order valence-corrected chi connectivity index (χ0v) is 17.5. The lowest BCUT2D eigenvalue weighted by Gasteiger charge is -2.26. The number of rotatable bonds is 6. The van der Waals surface area contributed by atoms with Crippen molar-refractivity contribution in [2.75, 3.05) is 52.5 Å². The summed E-state index contributed by atoms with van der Waals surface area (Å²) >= 11 is 0. The first kappa shape index (κ1) is 19.5. The van der Waals surface area contributed by atoms with E-state index in [4.69, 9.17) is 9.47 Å². The van der Waals surface area contributed by atoms with Crippen LogP contribution in [0.2, 0.25) is 0 Å². The number of pyridine rings is 1. The number of hydrogen-bond donors (Lipinski definition) is 1. The van der Waals surface area contributed by atoms with Gasteiger partial charge in [0.25, 0.3) is 0 Å². The smallest absolute Gasteiger partial charge is 0.145 e. The molecule has 5 rings (SSSR count). The summed E-state index contributed by atoms with van der Waals surface area (Å²) in [5, 5.41) is 16.9. The topological polar surface area (TPSA) is 81.7 Å². The molecule has 2 fully saturated rings. The van der Waals surface area contributed by atoms with Crippen molar-refractivity contribution in [1.29, 1.82) is 0 Å². The number of ether oxygens (including phenoxy) is 2. The van der Waals surface area contributed by atoms with Crippen LogP contribution in [-0.4, -0.2) is 82.1 Å². The van der Waals surface area contributed by atoms with Gasteiger partial charge in [-0.3, -0.25) is 4.90 Å². The molecule has 0 bridgehead atoms. The average molecular weight is 412 g/mol. The normalized spacial score (nSPS) is 18.8. The molecule has 3 aromatic heterocycles. The summed E-state index contributed by atoms with van der Waals surface area (Å²) < 4.78 is 15.6. The Morgan fingerprint density at radius 3 is 2.90 bits per heavy atom. The molecule has 160 valence electrons. The van der Waals surface area contributed by atoms with Crippen molar-refractivity contribution in [3.8, 4) is 17.0 Å². The van der Waals surface area contributed by atoms with Gasteiger partial charge >= 0.3 is 0 Å². The zero-order valence-electron chi connectivity index (χ0n) is 17.5. The van der Waals surface area contributed by atoms with E-state index < -0.39 is 0 Å². The number of piperidine rings is 1. The molecular formula is C21H29N7O2. The quantitative estimate of drug-likeness (QED) is 0.659. The van der Waals surface area contributed by atoms with Crippen molar-refractivity contribution >= 4 is 5.52 Å². The highest BCUT2D eigenvalue weighted by Gasteiger charge is 2.21. The van der Waals surface area contributed by atoms with Gasteiger partial charge in [0.15, 0.2) is 0 Å². The van der Waals surface area contributed by atoms with Gasteiger partial charge in [0.1, 0.15) is 23.6 Å². The van der Waals surface area contributed by atoms with Crippen LogP contribution < -0.4 is 10.1 Å². The first-order valence-electron chi connectivity index (χ1n) is 10.8. The first-order valence-corrected chi connectivity index (χ1v) is 10.8. The molecule has 9 heteroatoms. The summed E-state index contributed by atoms with van der Waals surface area (Å²) in [5.74, 6) is 0.828. The van der Waals surface area contributed by atoms with Gasteiger partial charge in [-0.05, 0) is 45.0 Å². The second-order valence-electron chi connectivity index (χ2n) is 8.01. The van der Waals surface area contributed by atoms with Gasteiger partial charge in [-0.1, -0.05) is 5.21 Å². The van der Waals surface area contributed by atoms with Crippen LogP contribution >= 0.6 is 0 Å². The minimum absolute atomic E-state index is 0.408. The fraction of sp³-hybridized carbons (Fsp3) is 0.571. The Morgan fingerprint density at radius 2 is 2.07 bits per heavy atom. The maximum Gasteiger partial charge on any atom is 0.145 e. The van der Waals surface area contributed by atoms with E-state index in [-0.39, 0.29) is 0 Å². The summed E-state index contributed by atoms with van der Waals surface area (Å²) in [5.41, 5.74) is 3.92.